The van der Waals surface area contributed by atoms with Crippen LogP contribution in [-0.2, 0) is 16.1 Å². The highest BCUT2D eigenvalue weighted by Crippen LogP contribution is 2.35. The fraction of sp³-hybridized carbons (Fsp3) is 0.800. The number of nitrogens with one attached hydrogen (secondary N) is 1. The minimum atomic E-state index is -0.386. The van der Waals surface area contributed by atoms with E-state index in [9.17, 15) is 9.59 Å². The third-order valence-corrected chi connectivity index (χ3v) is 9.86. The fourth-order valence-corrected chi connectivity index (χ4v) is 7.46. The highest BCUT2D eigenvalue weighted by Gasteiger charge is 2.49. The van der Waals surface area contributed by atoms with Crippen LogP contribution >= 0.6 is 11.3 Å². The lowest BCUT2D eigenvalue weighted by Crippen LogP contribution is -2.56. The Kier molecular flexibility index (Phi) is 6.74. The maximum absolute atomic E-state index is 13.4. The van der Waals surface area contributed by atoms with Crippen molar-refractivity contribution in [1.82, 2.24) is 29.9 Å². The molecule has 0 aromatic carbocycles. The van der Waals surface area contributed by atoms with Crippen molar-refractivity contribution in [2.45, 2.75) is 82.6 Å². The number of hydrogen-bond donors (Lipinski definition) is 1. The van der Waals surface area contributed by atoms with Crippen LogP contribution in [0.4, 0.5) is 0 Å². The van der Waals surface area contributed by atoms with E-state index < -0.39 is 0 Å². The molecule has 0 aliphatic carbocycles. The van der Waals surface area contributed by atoms with Gasteiger partial charge in [0, 0.05) is 43.1 Å². The number of aromatic nitrogens is 1. The maximum atomic E-state index is 13.4. The summed E-state index contributed by atoms with van der Waals surface area (Å²) in [7, 11) is 4.37. The van der Waals surface area contributed by atoms with Crippen LogP contribution in [0.1, 0.15) is 54.1 Å². The molecule has 0 radical (unpaired) electrons. The predicted octanol–water partition coefficient (Wildman–Crippen LogP) is 1.61. The Morgan fingerprint density at radius 1 is 1.12 bits per heavy atom. The van der Waals surface area contributed by atoms with Crippen LogP contribution in [0.3, 0.4) is 0 Å². The molecule has 1 spiro atoms. The Labute approximate surface area is 207 Å². The summed E-state index contributed by atoms with van der Waals surface area (Å²) in [6, 6.07) is 0.506. The molecule has 2 amide bonds. The molecule has 9 heteroatoms. The Bertz CT molecular complexity index is 891. The topological polar surface area (TPSA) is 72.0 Å². The molecule has 4 aliphatic heterocycles. The molecule has 1 N–H and O–H groups in total. The van der Waals surface area contributed by atoms with Crippen LogP contribution in [0.2, 0.25) is 0 Å². The number of piperidine rings is 2. The van der Waals surface area contributed by atoms with Crippen molar-refractivity contribution in [2.24, 2.45) is 0 Å². The van der Waals surface area contributed by atoms with Gasteiger partial charge < -0.3 is 15.1 Å². The number of fused-ring (bicyclic) bond motifs is 1. The van der Waals surface area contributed by atoms with E-state index in [1.54, 1.807) is 11.3 Å². The zero-order valence-electron chi connectivity index (χ0n) is 21.2. The molecule has 5 heterocycles. The number of likely N-dealkylation sites (tertiary alicyclic amines) is 2. The molecular weight excluding hydrogens is 448 g/mol. The third kappa shape index (κ3) is 4.76. The fourth-order valence-electron chi connectivity index (χ4n) is 6.48. The molecule has 0 saturated carbocycles. The predicted molar refractivity (Wildman–Crippen MR) is 134 cm³/mol. The van der Waals surface area contributed by atoms with Gasteiger partial charge in [-0.2, -0.15) is 0 Å². The molecule has 0 bridgehead atoms. The molecule has 5 rings (SSSR count). The van der Waals surface area contributed by atoms with Crippen LogP contribution in [0.15, 0.2) is 0 Å². The average Bonchev–Trinajstić information content (AvgIpc) is 3.36. The molecule has 4 saturated heterocycles. The quantitative estimate of drug-likeness (QED) is 0.694. The summed E-state index contributed by atoms with van der Waals surface area (Å²) in [4.78, 5) is 41.9. The van der Waals surface area contributed by atoms with Crippen LogP contribution in [-0.4, -0.2) is 107 Å². The number of amides is 2. The van der Waals surface area contributed by atoms with Crippen molar-refractivity contribution >= 4 is 23.2 Å². The molecule has 1 aromatic rings. The zero-order chi connectivity index (χ0) is 24.0. The van der Waals surface area contributed by atoms with E-state index >= 15 is 0 Å². The highest BCUT2D eigenvalue weighted by molar-refractivity contribution is 7.11. The lowest BCUT2D eigenvalue weighted by atomic mass is 9.84. The van der Waals surface area contributed by atoms with E-state index in [1.165, 1.54) is 4.88 Å². The highest BCUT2D eigenvalue weighted by atomic mass is 32.1. The van der Waals surface area contributed by atoms with Gasteiger partial charge in [-0.1, -0.05) is 0 Å². The number of hydrogen-bond acceptors (Lipinski definition) is 7. The van der Waals surface area contributed by atoms with Gasteiger partial charge in [0.2, 0.25) is 11.8 Å². The number of thiazole rings is 1. The molecule has 0 unspecified atom stereocenters. The van der Waals surface area contributed by atoms with Crippen molar-refractivity contribution in [1.29, 1.82) is 0 Å². The number of likely N-dealkylation sites (N-methyl/N-ethyl adjacent to an activating group) is 1. The minimum absolute atomic E-state index is 0.0625. The Balaban J connectivity index is 1.20. The summed E-state index contributed by atoms with van der Waals surface area (Å²) in [5, 5.41) is 4.49. The van der Waals surface area contributed by atoms with Crippen molar-refractivity contribution in [2.75, 3.05) is 46.8 Å². The standard InChI is InChI=1S/C25H40N6O2S/c1-17-22(34-18(2)26-17)16-30-11-7-25(8-12-30)14-23(32)31-15-20(13-21(31)24(33)27-25)29(4)19-5-9-28(3)10-6-19/h19-21H,5-16H2,1-4H3,(H,27,33)/t20-,21-/m0/s1. The lowest BCUT2D eigenvalue weighted by Gasteiger charge is -2.41. The summed E-state index contributed by atoms with van der Waals surface area (Å²) >= 11 is 1.77. The molecular formula is C25H40N6O2S. The smallest absolute Gasteiger partial charge is 0.243 e. The van der Waals surface area contributed by atoms with Crippen LogP contribution < -0.4 is 5.32 Å². The van der Waals surface area contributed by atoms with Crippen LogP contribution in [0.25, 0.3) is 0 Å². The van der Waals surface area contributed by atoms with E-state index in [4.69, 9.17) is 0 Å². The van der Waals surface area contributed by atoms with Gasteiger partial charge in [0.05, 0.1) is 22.7 Å². The van der Waals surface area contributed by atoms with Gasteiger partial charge in [-0.15, -0.1) is 11.3 Å². The third-order valence-electron chi connectivity index (χ3n) is 8.80. The van der Waals surface area contributed by atoms with Gasteiger partial charge in [0.25, 0.3) is 0 Å². The lowest BCUT2D eigenvalue weighted by molar-refractivity contribution is -0.135. The van der Waals surface area contributed by atoms with E-state index in [0.717, 1.165) is 75.5 Å². The first kappa shape index (κ1) is 24.2. The number of carbonyl (C=O) groups is 2. The largest absolute Gasteiger partial charge is 0.348 e. The van der Waals surface area contributed by atoms with Crippen molar-refractivity contribution < 1.29 is 9.59 Å². The second kappa shape index (κ2) is 9.48. The summed E-state index contributed by atoms with van der Waals surface area (Å²) < 4.78 is 0. The van der Waals surface area contributed by atoms with Crippen LogP contribution in [0, 0.1) is 13.8 Å². The van der Waals surface area contributed by atoms with E-state index in [2.05, 4.69) is 52.9 Å². The summed E-state index contributed by atoms with van der Waals surface area (Å²) in [5.74, 6) is 0.220. The van der Waals surface area contributed by atoms with E-state index in [1.807, 2.05) is 4.90 Å². The van der Waals surface area contributed by atoms with Crippen molar-refractivity contribution in [3.63, 3.8) is 0 Å². The molecule has 188 valence electrons. The summed E-state index contributed by atoms with van der Waals surface area (Å²) in [5.41, 5.74) is 0.740. The maximum Gasteiger partial charge on any atom is 0.243 e. The first-order valence-corrected chi connectivity index (χ1v) is 13.7. The Morgan fingerprint density at radius 3 is 2.47 bits per heavy atom. The van der Waals surface area contributed by atoms with Crippen molar-refractivity contribution in [3.8, 4) is 0 Å². The van der Waals surface area contributed by atoms with Crippen molar-refractivity contribution in [3.05, 3.63) is 15.6 Å². The van der Waals surface area contributed by atoms with Gasteiger partial charge in [-0.25, -0.2) is 4.98 Å². The van der Waals surface area contributed by atoms with Gasteiger partial charge >= 0.3 is 0 Å². The number of aryl methyl sites for hydroxylation is 2. The molecule has 4 aliphatic rings. The van der Waals surface area contributed by atoms with Gasteiger partial charge in [-0.05, 0) is 73.1 Å². The second-order valence-corrected chi connectivity index (χ2v) is 12.4. The van der Waals surface area contributed by atoms with Gasteiger partial charge in [0.1, 0.15) is 6.04 Å². The average molecular weight is 489 g/mol. The number of carbonyl (C=O) groups excluding carboxylic acids is 2. The monoisotopic (exact) mass is 488 g/mol. The SMILES string of the molecule is Cc1nc(C)c(CN2CCC3(CC2)CC(=O)N2C[C@@H](N(C)C4CCN(C)CC4)C[C@H]2C(=O)N3)s1. The molecule has 34 heavy (non-hydrogen) atoms. The number of rotatable bonds is 4. The van der Waals surface area contributed by atoms with Crippen LogP contribution in [0.5, 0.6) is 0 Å². The molecule has 1 aromatic heterocycles. The Hall–Kier alpha value is -1.55. The van der Waals surface area contributed by atoms with Gasteiger partial charge in [0.15, 0.2) is 0 Å². The van der Waals surface area contributed by atoms with E-state index in [-0.39, 0.29) is 29.4 Å². The molecule has 4 fully saturated rings. The first-order chi connectivity index (χ1) is 16.2. The summed E-state index contributed by atoms with van der Waals surface area (Å²) in [6.07, 6.45) is 5.18. The summed E-state index contributed by atoms with van der Waals surface area (Å²) in [6.45, 7) is 9.78. The van der Waals surface area contributed by atoms with E-state index in [0.29, 0.717) is 19.0 Å². The first-order valence-electron chi connectivity index (χ1n) is 12.9. The molecule has 2 atom stereocenters. The Morgan fingerprint density at radius 2 is 1.82 bits per heavy atom. The number of nitrogens with zero attached hydrogens (tertiary/aromatic N) is 5. The van der Waals surface area contributed by atoms with Gasteiger partial charge in [-0.3, -0.25) is 19.4 Å². The minimum Gasteiger partial charge on any atom is -0.348 e. The second-order valence-electron chi connectivity index (χ2n) is 11.1. The molecule has 8 nitrogen and oxygen atoms in total. The normalized spacial score (nSPS) is 29.0. The zero-order valence-corrected chi connectivity index (χ0v) is 22.0.